The second kappa shape index (κ2) is 7.50. The van der Waals surface area contributed by atoms with Gasteiger partial charge in [0.2, 0.25) is 0 Å². The largest absolute Gasteiger partial charge is 0.355 e. The summed E-state index contributed by atoms with van der Waals surface area (Å²) in [6, 6.07) is 11.4. The summed E-state index contributed by atoms with van der Waals surface area (Å²) in [6.07, 6.45) is 6.07. The molecule has 2 N–H and O–H groups in total. The number of halogens is 3. The summed E-state index contributed by atoms with van der Waals surface area (Å²) in [4.78, 5) is 6.98. The Balaban J connectivity index is 1.30. The lowest BCUT2D eigenvalue weighted by atomic mass is 9.73. The monoisotopic (exact) mass is 465 g/mol. The molecule has 4 aromatic rings. The average molecular weight is 466 g/mol. The fourth-order valence-corrected chi connectivity index (χ4v) is 5.75. The molecule has 1 saturated heterocycles. The Morgan fingerprint density at radius 2 is 1.91 bits per heavy atom. The maximum Gasteiger partial charge on any atom is 0.154 e. The Kier molecular flexibility index (Phi) is 4.67. The van der Waals surface area contributed by atoms with E-state index < -0.39 is 5.82 Å². The molecule has 0 amide bonds. The molecule has 3 heterocycles. The van der Waals surface area contributed by atoms with Gasteiger partial charge in [-0.05, 0) is 60.1 Å². The zero-order valence-corrected chi connectivity index (χ0v) is 18.6. The second-order valence-electron chi connectivity index (χ2n) is 9.04. The van der Waals surface area contributed by atoms with Gasteiger partial charge >= 0.3 is 0 Å². The van der Waals surface area contributed by atoms with Crippen molar-refractivity contribution in [3.63, 3.8) is 0 Å². The standard InChI is InChI=1S/C25H22ClF2N5/c26-22-17(2-1-3-19(22)28)21-14-30-24(20-6-9-31-33(20)21)32-10-7-25(8-11-32)13-15-4-5-16(27)12-18(15)23(25)29/h1-6,9,12,14,23H,7-8,10-11,13,29H2/t23-/m1/s1. The normalized spacial score (nSPS) is 19.4. The predicted octanol–water partition coefficient (Wildman–Crippen LogP) is 5.17. The maximum absolute atomic E-state index is 14.0. The number of aromatic nitrogens is 3. The minimum absolute atomic E-state index is 0.0509. The third-order valence-electron chi connectivity index (χ3n) is 7.34. The van der Waals surface area contributed by atoms with Crippen molar-refractivity contribution in [3.05, 3.63) is 82.6 Å². The number of rotatable bonds is 2. The van der Waals surface area contributed by atoms with Crippen LogP contribution in [0.1, 0.15) is 30.0 Å². The van der Waals surface area contributed by atoms with Crippen LogP contribution in [0, 0.1) is 17.0 Å². The first-order chi connectivity index (χ1) is 16.0. The Hall–Kier alpha value is -3.03. The number of hydrogen-bond acceptors (Lipinski definition) is 4. The van der Waals surface area contributed by atoms with Gasteiger partial charge in [0.25, 0.3) is 0 Å². The van der Waals surface area contributed by atoms with Gasteiger partial charge in [-0.15, -0.1) is 0 Å². The van der Waals surface area contributed by atoms with E-state index in [2.05, 4.69) is 10.00 Å². The van der Waals surface area contributed by atoms with Crippen molar-refractivity contribution in [1.82, 2.24) is 14.6 Å². The third kappa shape index (κ3) is 3.14. The van der Waals surface area contributed by atoms with Gasteiger partial charge in [0.15, 0.2) is 5.82 Å². The summed E-state index contributed by atoms with van der Waals surface area (Å²) >= 11 is 6.22. The molecule has 168 valence electrons. The first kappa shape index (κ1) is 20.6. The molecule has 8 heteroatoms. The smallest absolute Gasteiger partial charge is 0.154 e. The summed E-state index contributed by atoms with van der Waals surface area (Å²) in [6.45, 7) is 1.58. The van der Waals surface area contributed by atoms with Crippen LogP contribution in [0.4, 0.5) is 14.6 Å². The molecule has 2 aromatic carbocycles. The molecule has 2 aliphatic rings. The summed E-state index contributed by atoms with van der Waals surface area (Å²) in [5.74, 6) is 0.118. The van der Waals surface area contributed by atoms with E-state index in [1.54, 1.807) is 35.1 Å². The number of nitrogens with zero attached hydrogens (tertiary/aromatic N) is 4. The van der Waals surface area contributed by atoms with Gasteiger partial charge in [0, 0.05) is 24.7 Å². The maximum atomic E-state index is 14.0. The molecule has 6 rings (SSSR count). The van der Waals surface area contributed by atoms with Gasteiger partial charge < -0.3 is 10.6 Å². The Morgan fingerprint density at radius 1 is 1.09 bits per heavy atom. The van der Waals surface area contributed by atoms with Crippen molar-refractivity contribution in [2.45, 2.75) is 25.3 Å². The van der Waals surface area contributed by atoms with Crippen LogP contribution in [0.5, 0.6) is 0 Å². The van der Waals surface area contributed by atoms with E-state index in [9.17, 15) is 8.78 Å². The molecular formula is C25H22ClF2N5. The SMILES string of the molecule is N[C@@H]1c2cc(F)ccc2CC12CCN(c1ncc(-c3cccc(F)c3Cl)n3nccc13)CC2. The van der Waals surface area contributed by atoms with Crippen molar-refractivity contribution in [1.29, 1.82) is 0 Å². The van der Waals surface area contributed by atoms with Crippen molar-refractivity contribution in [2.75, 3.05) is 18.0 Å². The average Bonchev–Trinajstić information content (AvgIpc) is 3.40. The van der Waals surface area contributed by atoms with Crippen LogP contribution in [0.2, 0.25) is 5.02 Å². The second-order valence-corrected chi connectivity index (χ2v) is 9.42. The summed E-state index contributed by atoms with van der Waals surface area (Å²) in [5.41, 5.74) is 10.7. The lowest BCUT2D eigenvalue weighted by molar-refractivity contribution is 0.187. The molecule has 1 aliphatic carbocycles. The first-order valence-electron chi connectivity index (χ1n) is 11.0. The molecule has 1 spiro atoms. The number of fused-ring (bicyclic) bond motifs is 2. The molecule has 1 fully saturated rings. The number of piperidine rings is 1. The van der Waals surface area contributed by atoms with E-state index in [0.717, 1.165) is 54.8 Å². The van der Waals surface area contributed by atoms with Crippen LogP contribution >= 0.6 is 11.6 Å². The first-order valence-corrected chi connectivity index (χ1v) is 11.4. The minimum Gasteiger partial charge on any atom is -0.355 e. The van der Waals surface area contributed by atoms with E-state index in [4.69, 9.17) is 22.3 Å². The molecule has 0 bridgehead atoms. The summed E-state index contributed by atoms with van der Waals surface area (Å²) < 4.78 is 29.6. The topological polar surface area (TPSA) is 59.5 Å². The quantitative estimate of drug-likeness (QED) is 0.443. The fourth-order valence-electron chi connectivity index (χ4n) is 5.52. The van der Waals surface area contributed by atoms with Crippen LogP contribution in [-0.2, 0) is 6.42 Å². The minimum atomic E-state index is -0.478. The molecule has 0 radical (unpaired) electrons. The number of nitrogens with two attached hydrogens (primary N) is 1. The van der Waals surface area contributed by atoms with Crippen LogP contribution in [0.25, 0.3) is 16.8 Å². The molecule has 33 heavy (non-hydrogen) atoms. The van der Waals surface area contributed by atoms with Gasteiger partial charge in [0.1, 0.15) is 17.2 Å². The van der Waals surface area contributed by atoms with E-state index >= 15 is 0 Å². The van der Waals surface area contributed by atoms with Crippen molar-refractivity contribution in [2.24, 2.45) is 11.1 Å². The van der Waals surface area contributed by atoms with E-state index in [0.29, 0.717) is 11.3 Å². The van der Waals surface area contributed by atoms with Crippen LogP contribution in [0.15, 0.2) is 54.9 Å². The third-order valence-corrected chi connectivity index (χ3v) is 7.72. The fraction of sp³-hybridized carbons (Fsp3) is 0.280. The highest BCUT2D eigenvalue weighted by molar-refractivity contribution is 6.33. The Bertz CT molecular complexity index is 1380. The van der Waals surface area contributed by atoms with Crippen LogP contribution in [0.3, 0.4) is 0 Å². The highest BCUT2D eigenvalue weighted by Crippen LogP contribution is 2.51. The van der Waals surface area contributed by atoms with E-state index in [1.807, 2.05) is 12.1 Å². The Labute approximate surface area is 194 Å². The van der Waals surface area contributed by atoms with Gasteiger partial charge in [-0.1, -0.05) is 29.8 Å². The zero-order valence-electron chi connectivity index (χ0n) is 17.8. The number of benzene rings is 2. The van der Waals surface area contributed by atoms with Crippen molar-refractivity contribution in [3.8, 4) is 11.3 Å². The zero-order chi connectivity index (χ0) is 22.7. The molecular weight excluding hydrogens is 444 g/mol. The van der Waals surface area contributed by atoms with Crippen molar-refractivity contribution < 1.29 is 8.78 Å². The highest BCUT2D eigenvalue weighted by Gasteiger charge is 2.46. The number of anilines is 1. The molecule has 5 nitrogen and oxygen atoms in total. The molecule has 1 atom stereocenters. The lowest BCUT2D eigenvalue weighted by Gasteiger charge is -2.42. The molecule has 0 saturated carbocycles. The van der Waals surface area contributed by atoms with Gasteiger partial charge in [-0.25, -0.2) is 18.3 Å². The van der Waals surface area contributed by atoms with Crippen LogP contribution < -0.4 is 10.6 Å². The Morgan fingerprint density at radius 3 is 2.73 bits per heavy atom. The molecule has 2 aromatic heterocycles. The molecule has 1 aliphatic heterocycles. The summed E-state index contributed by atoms with van der Waals surface area (Å²) in [5, 5.41) is 4.50. The van der Waals surface area contributed by atoms with Gasteiger partial charge in [0.05, 0.1) is 23.1 Å². The van der Waals surface area contributed by atoms with Crippen molar-refractivity contribution >= 4 is 22.9 Å². The summed E-state index contributed by atoms with van der Waals surface area (Å²) in [7, 11) is 0. The van der Waals surface area contributed by atoms with Gasteiger partial charge in [-0.3, -0.25) is 0 Å². The lowest BCUT2D eigenvalue weighted by Crippen LogP contribution is -2.44. The van der Waals surface area contributed by atoms with E-state index in [-0.39, 0.29) is 22.3 Å². The predicted molar refractivity (Wildman–Crippen MR) is 124 cm³/mol. The van der Waals surface area contributed by atoms with E-state index in [1.165, 1.54) is 12.1 Å². The molecule has 0 unspecified atom stereocenters. The number of hydrogen-bond donors (Lipinski definition) is 1. The highest BCUT2D eigenvalue weighted by atomic mass is 35.5. The van der Waals surface area contributed by atoms with Crippen LogP contribution in [-0.4, -0.2) is 27.7 Å². The van der Waals surface area contributed by atoms with Gasteiger partial charge in [-0.2, -0.15) is 5.10 Å².